The third kappa shape index (κ3) is 2.10. The van der Waals surface area contributed by atoms with E-state index in [1.165, 1.54) is 0 Å². The van der Waals surface area contributed by atoms with E-state index in [2.05, 4.69) is 19.9 Å². The molecule has 0 fully saturated rings. The smallest absolute Gasteiger partial charge is 0.310 e. The van der Waals surface area contributed by atoms with E-state index in [9.17, 15) is 4.79 Å². The average molecular weight is 168 g/mol. The predicted molar refractivity (Wildman–Crippen MR) is 47.8 cm³/mol. The van der Waals surface area contributed by atoms with Crippen molar-refractivity contribution in [3.8, 4) is 0 Å². The van der Waals surface area contributed by atoms with Gasteiger partial charge >= 0.3 is 5.97 Å². The Kier molecular flexibility index (Phi) is 2.90. The molecule has 2 atom stereocenters. The van der Waals surface area contributed by atoms with Crippen molar-refractivity contribution in [2.45, 2.75) is 26.7 Å². The largest absolute Gasteiger partial charge is 0.481 e. The molecule has 0 saturated carbocycles. The van der Waals surface area contributed by atoms with Crippen molar-refractivity contribution in [1.82, 2.24) is 0 Å². The number of carbonyl (C=O) groups is 1. The minimum atomic E-state index is -0.687. The molecule has 1 rings (SSSR count). The molecule has 0 amide bonds. The lowest BCUT2D eigenvalue weighted by Gasteiger charge is -2.23. The maximum absolute atomic E-state index is 10.6. The molecule has 2 nitrogen and oxygen atoms in total. The highest BCUT2D eigenvalue weighted by atomic mass is 16.4. The van der Waals surface area contributed by atoms with Crippen LogP contribution >= 0.6 is 0 Å². The summed E-state index contributed by atoms with van der Waals surface area (Å²) in [4.78, 5) is 10.6. The molecule has 1 aliphatic rings. The summed E-state index contributed by atoms with van der Waals surface area (Å²) in [6.45, 7) is 4.35. The third-order valence-electron chi connectivity index (χ3n) is 2.58. The third-order valence-corrected chi connectivity index (χ3v) is 2.58. The van der Waals surface area contributed by atoms with E-state index in [0.717, 1.165) is 12.8 Å². The first-order valence-corrected chi connectivity index (χ1v) is 4.52. The number of aliphatic carboxylic acids is 1. The van der Waals surface area contributed by atoms with Gasteiger partial charge in [-0.15, -0.1) is 0 Å². The zero-order chi connectivity index (χ0) is 9.14. The van der Waals surface area contributed by atoms with Crippen LogP contribution in [0.25, 0.3) is 0 Å². The molecule has 0 radical (unpaired) electrons. The fraction of sp³-hybridized carbons (Fsp3) is 0.700. The quantitative estimate of drug-likeness (QED) is 0.642. The van der Waals surface area contributed by atoms with Crippen LogP contribution in [0.4, 0.5) is 0 Å². The van der Waals surface area contributed by atoms with Gasteiger partial charge < -0.3 is 5.11 Å². The number of hydrogen-bond acceptors (Lipinski definition) is 1. The van der Waals surface area contributed by atoms with E-state index in [4.69, 9.17) is 5.11 Å². The van der Waals surface area contributed by atoms with Crippen LogP contribution in [-0.4, -0.2) is 11.1 Å². The van der Waals surface area contributed by atoms with Gasteiger partial charge in [-0.05, 0) is 24.7 Å². The van der Waals surface area contributed by atoms with Crippen LogP contribution in [0.1, 0.15) is 26.7 Å². The predicted octanol–water partition coefficient (Wildman–Crippen LogP) is 2.31. The zero-order valence-electron chi connectivity index (χ0n) is 7.66. The molecule has 1 N–H and O–H groups in total. The van der Waals surface area contributed by atoms with Crippen molar-refractivity contribution in [3.63, 3.8) is 0 Å². The molecular formula is C10H16O2. The molecular weight excluding hydrogens is 152 g/mol. The standard InChI is InChI=1S/C10H16O2/c1-7(2)8-3-5-9(6-4-8)10(11)12/h3,5,7-9H,4,6H2,1-2H3,(H,11,12). The van der Waals surface area contributed by atoms with Crippen LogP contribution in [0.5, 0.6) is 0 Å². The molecule has 0 aromatic carbocycles. The fourth-order valence-corrected chi connectivity index (χ4v) is 1.60. The average Bonchev–Trinajstić information content (AvgIpc) is 2.04. The lowest BCUT2D eigenvalue weighted by Crippen LogP contribution is -2.18. The van der Waals surface area contributed by atoms with E-state index < -0.39 is 5.97 Å². The van der Waals surface area contributed by atoms with Gasteiger partial charge in [0, 0.05) is 0 Å². The summed E-state index contributed by atoms with van der Waals surface area (Å²) in [6.07, 6.45) is 5.73. The van der Waals surface area contributed by atoms with Gasteiger partial charge in [0.1, 0.15) is 0 Å². The fourth-order valence-electron chi connectivity index (χ4n) is 1.60. The molecule has 0 aliphatic heterocycles. The topological polar surface area (TPSA) is 37.3 Å². The van der Waals surface area contributed by atoms with Crippen LogP contribution < -0.4 is 0 Å². The first-order chi connectivity index (χ1) is 5.61. The summed E-state index contributed by atoms with van der Waals surface area (Å²) in [5.41, 5.74) is 0. The van der Waals surface area contributed by atoms with E-state index >= 15 is 0 Å². The Labute approximate surface area is 73.3 Å². The lowest BCUT2D eigenvalue weighted by atomic mass is 9.82. The Morgan fingerprint density at radius 3 is 2.42 bits per heavy atom. The second kappa shape index (κ2) is 3.74. The van der Waals surface area contributed by atoms with Gasteiger partial charge in [-0.3, -0.25) is 4.79 Å². The number of hydrogen-bond donors (Lipinski definition) is 1. The van der Waals surface area contributed by atoms with Gasteiger partial charge in [0.05, 0.1) is 5.92 Å². The SMILES string of the molecule is CC(C)C1C=CC(C(=O)O)CC1. The Morgan fingerprint density at radius 2 is 2.08 bits per heavy atom. The van der Waals surface area contributed by atoms with Gasteiger partial charge in [0.25, 0.3) is 0 Å². The van der Waals surface area contributed by atoms with Crippen LogP contribution in [0.15, 0.2) is 12.2 Å². The highest BCUT2D eigenvalue weighted by Gasteiger charge is 2.22. The molecule has 2 heteroatoms. The monoisotopic (exact) mass is 168 g/mol. The van der Waals surface area contributed by atoms with Crippen LogP contribution in [0.3, 0.4) is 0 Å². The molecule has 1 aliphatic carbocycles. The zero-order valence-corrected chi connectivity index (χ0v) is 7.66. The summed E-state index contributed by atoms with van der Waals surface area (Å²) in [5.74, 6) is 0.296. The molecule has 0 aromatic rings. The first-order valence-electron chi connectivity index (χ1n) is 4.52. The van der Waals surface area contributed by atoms with Crippen LogP contribution in [-0.2, 0) is 4.79 Å². The van der Waals surface area contributed by atoms with Gasteiger partial charge in [0.2, 0.25) is 0 Å². The van der Waals surface area contributed by atoms with Crippen molar-refractivity contribution in [3.05, 3.63) is 12.2 Å². The minimum absolute atomic E-state index is 0.236. The van der Waals surface area contributed by atoms with E-state index in [1.807, 2.05) is 6.08 Å². The second-order valence-corrected chi connectivity index (χ2v) is 3.81. The number of carboxylic acid groups (broad SMARTS) is 1. The molecule has 12 heavy (non-hydrogen) atoms. The number of allylic oxidation sites excluding steroid dienone is 1. The Balaban J connectivity index is 2.53. The summed E-state index contributed by atoms with van der Waals surface area (Å²) in [7, 11) is 0. The molecule has 68 valence electrons. The van der Waals surface area contributed by atoms with Crippen molar-refractivity contribution in [2.75, 3.05) is 0 Å². The highest BCUT2D eigenvalue weighted by Crippen LogP contribution is 2.27. The van der Waals surface area contributed by atoms with Crippen molar-refractivity contribution < 1.29 is 9.90 Å². The normalized spacial score (nSPS) is 29.2. The Hall–Kier alpha value is -0.790. The van der Waals surface area contributed by atoms with Crippen molar-refractivity contribution >= 4 is 5.97 Å². The van der Waals surface area contributed by atoms with Crippen LogP contribution in [0.2, 0.25) is 0 Å². The van der Waals surface area contributed by atoms with Crippen molar-refractivity contribution in [2.24, 2.45) is 17.8 Å². The lowest BCUT2D eigenvalue weighted by molar-refractivity contribution is -0.140. The summed E-state index contributed by atoms with van der Waals surface area (Å²) in [5, 5.41) is 8.71. The van der Waals surface area contributed by atoms with E-state index in [0.29, 0.717) is 11.8 Å². The Morgan fingerprint density at radius 1 is 1.42 bits per heavy atom. The van der Waals surface area contributed by atoms with Crippen LogP contribution in [0, 0.1) is 17.8 Å². The molecule has 0 aromatic heterocycles. The summed E-state index contributed by atoms with van der Waals surface area (Å²) < 4.78 is 0. The second-order valence-electron chi connectivity index (χ2n) is 3.81. The van der Waals surface area contributed by atoms with Gasteiger partial charge in [-0.2, -0.15) is 0 Å². The molecule has 0 bridgehead atoms. The molecule has 2 unspecified atom stereocenters. The molecule has 0 saturated heterocycles. The highest BCUT2D eigenvalue weighted by molar-refractivity contribution is 5.72. The van der Waals surface area contributed by atoms with E-state index in [-0.39, 0.29) is 5.92 Å². The minimum Gasteiger partial charge on any atom is -0.481 e. The van der Waals surface area contributed by atoms with Gasteiger partial charge in [-0.1, -0.05) is 26.0 Å². The maximum atomic E-state index is 10.6. The maximum Gasteiger partial charge on any atom is 0.310 e. The van der Waals surface area contributed by atoms with E-state index in [1.54, 1.807) is 0 Å². The summed E-state index contributed by atoms with van der Waals surface area (Å²) >= 11 is 0. The Bertz CT molecular complexity index is 194. The molecule has 0 heterocycles. The van der Waals surface area contributed by atoms with Crippen molar-refractivity contribution in [1.29, 1.82) is 0 Å². The number of rotatable bonds is 2. The number of carboxylic acids is 1. The molecule has 0 spiro atoms. The van der Waals surface area contributed by atoms with Gasteiger partial charge in [-0.25, -0.2) is 0 Å². The summed E-state index contributed by atoms with van der Waals surface area (Å²) in [6, 6.07) is 0. The first kappa shape index (κ1) is 9.30. The van der Waals surface area contributed by atoms with Gasteiger partial charge in [0.15, 0.2) is 0 Å².